The Balaban J connectivity index is 1.84. The molecule has 8 heteroatoms. The number of carbonyl (C=O) groups is 1. The Morgan fingerprint density at radius 2 is 1.79 bits per heavy atom. The van der Waals surface area contributed by atoms with Crippen LogP contribution in [0.25, 0.3) is 0 Å². The van der Waals surface area contributed by atoms with Crippen molar-refractivity contribution in [3.05, 3.63) is 66.1 Å². The van der Waals surface area contributed by atoms with E-state index in [9.17, 15) is 13.2 Å². The predicted molar refractivity (Wildman–Crippen MR) is 89.4 cm³/mol. The molecular weight excluding hydrogens is 328 g/mol. The standard InChI is InChI=1S/C16H16N4O3S/c1-12-3-5-14(6-4-12)24(22,23)20-10-7-13(11-20)16(21)17-15-8-9-19(2)18-15/h3-11H,1-2H3,(H,17,18,21). The topological polar surface area (TPSA) is 86.0 Å². The van der Waals surface area contributed by atoms with E-state index in [1.165, 1.54) is 30.6 Å². The highest BCUT2D eigenvalue weighted by atomic mass is 32.2. The van der Waals surface area contributed by atoms with Gasteiger partial charge in [-0.2, -0.15) is 5.10 Å². The van der Waals surface area contributed by atoms with Crippen molar-refractivity contribution in [3.63, 3.8) is 0 Å². The van der Waals surface area contributed by atoms with Crippen LogP contribution in [0.5, 0.6) is 0 Å². The second-order valence-electron chi connectivity index (χ2n) is 5.38. The lowest BCUT2D eigenvalue weighted by Crippen LogP contribution is -2.13. The molecule has 3 rings (SSSR count). The number of rotatable bonds is 4. The van der Waals surface area contributed by atoms with E-state index in [0.717, 1.165) is 9.54 Å². The van der Waals surface area contributed by atoms with Gasteiger partial charge in [-0.15, -0.1) is 0 Å². The first-order valence-electron chi connectivity index (χ1n) is 7.17. The van der Waals surface area contributed by atoms with Gasteiger partial charge in [-0.3, -0.25) is 9.48 Å². The summed E-state index contributed by atoms with van der Waals surface area (Å²) < 4.78 is 27.7. The molecule has 0 radical (unpaired) electrons. The molecule has 0 saturated heterocycles. The Labute approximate surface area is 139 Å². The molecule has 0 atom stereocenters. The van der Waals surface area contributed by atoms with Gasteiger partial charge in [0.2, 0.25) is 0 Å². The number of benzene rings is 1. The van der Waals surface area contributed by atoms with Crippen LogP contribution in [0.1, 0.15) is 15.9 Å². The molecule has 2 aromatic heterocycles. The third kappa shape index (κ3) is 3.09. The van der Waals surface area contributed by atoms with E-state index in [0.29, 0.717) is 5.82 Å². The Hall–Kier alpha value is -2.87. The van der Waals surface area contributed by atoms with E-state index in [4.69, 9.17) is 0 Å². The van der Waals surface area contributed by atoms with Gasteiger partial charge in [-0.1, -0.05) is 17.7 Å². The average molecular weight is 344 g/mol. The normalized spacial score (nSPS) is 11.4. The van der Waals surface area contributed by atoms with Crippen molar-refractivity contribution < 1.29 is 13.2 Å². The molecule has 7 nitrogen and oxygen atoms in total. The molecule has 0 saturated carbocycles. The summed E-state index contributed by atoms with van der Waals surface area (Å²) >= 11 is 0. The van der Waals surface area contributed by atoms with Crippen molar-refractivity contribution in [3.8, 4) is 0 Å². The van der Waals surface area contributed by atoms with Crippen LogP contribution in [0.4, 0.5) is 5.82 Å². The van der Waals surface area contributed by atoms with Crippen LogP contribution in [0.2, 0.25) is 0 Å². The summed E-state index contributed by atoms with van der Waals surface area (Å²) in [6, 6.07) is 9.63. The summed E-state index contributed by atoms with van der Waals surface area (Å²) in [4.78, 5) is 12.3. The van der Waals surface area contributed by atoms with E-state index >= 15 is 0 Å². The zero-order valence-electron chi connectivity index (χ0n) is 13.2. The Morgan fingerprint density at radius 3 is 2.42 bits per heavy atom. The number of hydrogen-bond acceptors (Lipinski definition) is 4. The van der Waals surface area contributed by atoms with E-state index in [1.807, 2.05) is 6.92 Å². The molecule has 0 unspecified atom stereocenters. The molecule has 1 N–H and O–H groups in total. The van der Waals surface area contributed by atoms with E-state index in [-0.39, 0.29) is 10.5 Å². The number of aryl methyl sites for hydroxylation is 2. The second-order valence-corrected chi connectivity index (χ2v) is 7.22. The second kappa shape index (κ2) is 5.97. The molecule has 0 aliphatic carbocycles. The van der Waals surface area contributed by atoms with Gasteiger partial charge < -0.3 is 5.32 Å². The molecule has 24 heavy (non-hydrogen) atoms. The summed E-state index contributed by atoms with van der Waals surface area (Å²) in [6.07, 6.45) is 4.33. The van der Waals surface area contributed by atoms with Gasteiger partial charge in [-0.05, 0) is 25.1 Å². The first-order valence-corrected chi connectivity index (χ1v) is 8.61. The Bertz CT molecular complexity index is 985. The van der Waals surface area contributed by atoms with Gasteiger partial charge in [0.1, 0.15) is 0 Å². The van der Waals surface area contributed by atoms with Gasteiger partial charge in [-0.25, -0.2) is 12.4 Å². The zero-order chi connectivity index (χ0) is 17.3. The van der Waals surface area contributed by atoms with Crippen LogP contribution in [-0.2, 0) is 17.1 Å². The first kappa shape index (κ1) is 16.0. The molecule has 1 aromatic carbocycles. The van der Waals surface area contributed by atoms with Gasteiger partial charge >= 0.3 is 0 Å². The molecule has 2 heterocycles. The van der Waals surface area contributed by atoms with Crippen LogP contribution >= 0.6 is 0 Å². The van der Waals surface area contributed by atoms with Gasteiger partial charge in [0.25, 0.3) is 15.9 Å². The van der Waals surface area contributed by atoms with Crippen molar-refractivity contribution in [1.29, 1.82) is 0 Å². The highest BCUT2D eigenvalue weighted by molar-refractivity contribution is 7.90. The van der Waals surface area contributed by atoms with Crippen molar-refractivity contribution >= 4 is 21.7 Å². The fourth-order valence-corrected chi connectivity index (χ4v) is 3.36. The molecule has 0 fully saturated rings. The monoisotopic (exact) mass is 344 g/mol. The quantitative estimate of drug-likeness (QED) is 0.784. The number of anilines is 1. The summed E-state index contributed by atoms with van der Waals surface area (Å²) in [5.41, 5.74) is 1.20. The van der Waals surface area contributed by atoms with Crippen molar-refractivity contribution in [2.75, 3.05) is 5.32 Å². The summed E-state index contributed by atoms with van der Waals surface area (Å²) in [7, 11) is -1.98. The third-order valence-electron chi connectivity index (χ3n) is 3.48. The molecule has 0 aliphatic rings. The summed E-state index contributed by atoms with van der Waals surface area (Å²) in [5.74, 6) is -0.0248. The minimum absolute atomic E-state index is 0.167. The van der Waals surface area contributed by atoms with Crippen LogP contribution in [0.15, 0.2) is 59.9 Å². The SMILES string of the molecule is Cc1ccc(S(=O)(=O)n2ccc(C(=O)Nc3ccn(C)n3)c2)cc1. The van der Waals surface area contributed by atoms with Crippen molar-refractivity contribution in [1.82, 2.24) is 13.8 Å². The van der Waals surface area contributed by atoms with Gasteiger partial charge in [0.15, 0.2) is 5.82 Å². The molecule has 0 spiro atoms. The average Bonchev–Trinajstić information content (AvgIpc) is 3.17. The maximum Gasteiger partial charge on any atom is 0.267 e. The van der Waals surface area contributed by atoms with Crippen molar-refractivity contribution in [2.45, 2.75) is 11.8 Å². The molecule has 1 amide bonds. The number of nitrogens with zero attached hydrogens (tertiary/aromatic N) is 3. The van der Waals surface area contributed by atoms with Gasteiger partial charge in [0.05, 0.1) is 10.5 Å². The fraction of sp³-hybridized carbons (Fsp3) is 0.125. The van der Waals surface area contributed by atoms with E-state index < -0.39 is 15.9 Å². The summed E-state index contributed by atoms with van der Waals surface area (Å²) in [6.45, 7) is 1.88. The lowest BCUT2D eigenvalue weighted by molar-refractivity contribution is 0.102. The highest BCUT2D eigenvalue weighted by Gasteiger charge is 2.18. The smallest absolute Gasteiger partial charge is 0.267 e. The molecule has 124 valence electrons. The summed E-state index contributed by atoms with van der Waals surface area (Å²) in [5, 5.41) is 6.66. The number of aromatic nitrogens is 3. The van der Waals surface area contributed by atoms with Crippen LogP contribution in [0.3, 0.4) is 0 Å². The molecule has 3 aromatic rings. The van der Waals surface area contributed by atoms with E-state index in [1.54, 1.807) is 36.1 Å². The maximum absolute atomic E-state index is 12.6. The van der Waals surface area contributed by atoms with E-state index in [2.05, 4.69) is 10.4 Å². The minimum Gasteiger partial charge on any atom is -0.305 e. The predicted octanol–water partition coefficient (Wildman–Crippen LogP) is 2.02. The molecule has 0 bridgehead atoms. The van der Waals surface area contributed by atoms with Crippen LogP contribution < -0.4 is 5.32 Å². The number of hydrogen-bond donors (Lipinski definition) is 1. The van der Waals surface area contributed by atoms with Crippen molar-refractivity contribution in [2.24, 2.45) is 7.05 Å². The molecule has 0 aliphatic heterocycles. The van der Waals surface area contributed by atoms with Crippen LogP contribution in [0, 0.1) is 6.92 Å². The minimum atomic E-state index is -3.72. The third-order valence-corrected chi connectivity index (χ3v) is 5.13. The lowest BCUT2D eigenvalue weighted by atomic mass is 10.2. The maximum atomic E-state index is 12.6. The largest absolute Gasteiger partial charge is 0.305 e. The zero-order valence-corrected chi connectivity index (χ0v) is 14.0. The number of nitrogens with one attached hydrogen (secondary N) is 1. The van der Waals surface area contributed by atoms with Crippen LogP contribution in [-0.4, -0.2) is 28.1 Å². The molecular formula is C16H16N4O3S. The fourth-order valence-electron chi connectivity index (χ4n) is 2.16. The number of amides is 1. The number of carbonyl (C=O) groups excluding carboxylic acids is 1. The lowest BCUT2D eigenvalue weighted by Gasteiger charge is -2.05. The highest BCUT2D eigenvalue weighted by Crippen LogP contribution is 2.16. The Morgan fingerprint density at radius 1 is 1.08 bits per heavy atom. The Kier molecular flexibility index (Phi) is 3.98. The first-order chi connectivity index (χ1) is 11.4. The van der Waals surface area contributed by atoms with Gasteiger partial charge in [0, 0.05) is 31.7 Å².